The normalized spacial score (nSPS) is 9.93. The zero-order valence-corrected chi connectivity index (χ0v) is 13.0. The van der Waals surface area contributed by atoms with Crippen molar-refractivity contribution in [3.8, 4) is 0 Å². The second kappa shape index (κ2) is 10.8. The fourth-order valence-electron chi connectivity index (χ4n) is 0.102. The summed E-state index contributed by atoms with van der Waals surface area (Å²) in [5, 5.41) is 0. The molecule has 0 fully saturated rings. The molecule has 15 heteroatoms. The largest absolute Gasteiger partial charge is 1.00 e. The topological polar surface area (TPSA) is 124 Å². The van der Waals surface area contributed by atoms with Crippen molar-refractivity contribution in [2.45, 2.75) is 0 Å². The molecule has 80 valence electrons. The summed E-state index contributed by atoms with van der Waals surface area (Å²) in [5.41, 5.74) is 0. The second-order valence-corrected chi connectivity index (χ2v) is 3.31. The van der Waals surface area contributed by atoms with Gasteiger partial charge in [-0.1, -0.05) is 0 Å². The predicted octanol–water partition coefficient (Wildman–Crippen LogP) is -7.19. The Morgan fingerprint density at radius 2 is 1.00 bits per heavy atom. The Balaban J connectivity index is -0.0000000883. The molecule has 0 aliphatic carbocycles. The minimum atomic E-state index is -5.43. The van der Waals surface area contributed by atoms with Gasteiger partial charge in [-0.15, -0.1) is 0 Å². The average molecular weight is 290 g/mol. The SMILES string of the molecule is FB(F)F.O=S(=O)([O-])OS(=O)(=O)[O-].[Na+].[Na+]. The van der Waals surface area contributed by atoms with Crippen molar-refractivity contribution in [3.63, 3.8) is 0 Å². The van der Waals surface area contributed by atoms with E-state index in [1.165, 1.54) is 0 Å². The van der Waals surface area contributed by atoms with Crippen molar-refractivity contribution in [1.29, 1.82) is 0 Å². The summed E-state index contributed by atoms with van der Waals surface area (Å²) in [6.45, 7) is 0. The first-order chi connectivity index (χ1) is 5.44. The molecule has 15 heavy (non-hydrogen) atoms. The fourth-order valence-corrected chi connectivity index (χ4v) is 0.919. The first-order valence-electron chi connectivity index (χ1n) is 1.99. The van der Waals surface area contributed by atoms with E-state index in [0.29, 0.717) is 0 Å². The Kier molecular flexibility index (Phi) is 18.3. The molecule has 0 amide bonds. The molecule has 0 aromatic rings. The van der Waals surface area contributed by atoms with Crippen LogP contribution in [-0.2, 0) is 24.4 Å². The van der Waals surface area contributed by atoms with Crippen LogP contribution in [-0.4, -0.2) is 33.5 Å². The standard InChI is InChI=1S/BF3.2Na.H2O7S2/c2-1(3)4;;;1-8(2,3)7-9(4,5)6/h;;;(H,1,2,3)(H,4,5,6)/q;2*+1;/p-2. The molecule has 0 aliphatic rings. The maximum absolute atomic E-state index is 9.67. The van der Waals surface area contributed by atoms with Crippen LogP contribution in [0.1, 0.15) is 0 Å². The third-order valence-corrected chi connectivity index (χ3v) is 1.50. The van der Waals surface area contributed by atoms with E-state index in [1.807, 2.05) is 0 Å². The second-order valence-electron chi connectivity index (χ2n) is 1.13. The van der Waals surface area contributed by atoms with Gasteiger partial charge in [0.15, 0.2) is 0 Å². The Bertz CT molecular complexity index is 289. The molecule has 0 bridgehead atoms. The van der Waals surface area contributed by atoms with Crippen molar-refractivity contribution >= 4 is 28.3 Å². The minimum Gasteiger partial charge on any atom is -0.725 e. The molecule has 0 aliphatic heterocycles. The van der Waals surface area contributed by atoms with Gasteiger partial charge in [-0.25, -0.2) is 16.8 Å². The zero-order chi connectivity index (χ0) is 11.3. The van der Waals surface area contributed by atoms with Crippen LogP contribution in [0.4, 0.5) is 12.9 Å². The third kappa shape index (κ3) is 49.9. The van der Waals surface area contributed by atoms with Crippen LogP contribution in [0, 0.1) is 0 Å². The monoisotopic (exact) mass is 290 g/mol. The van der Waals surface area contributed by atoms with Gasteiger partial charge < -0.3 is 9.11 Å². The van der Waals surface area contributed by atoms with Crippen LogP contribution in [0.2, 0.25) is 0 Å². The predicted molar refractivity (Wildman–Crippen MR) is 29.6 cm³/mol. The van der Waals surface area contributed by atoms with Gasteiger partial charge >= 0.3 is 66.7 Å². The molecule has 0 N–H and O–H groups in total. The zero-order valence-electron chi connectivity index (χ0n) is 7.39. The molecular formula is BF3Na2O7S2. The number of halogens is 3. The first-order valence-corrected chi connectivity index (χ1v) is 4.65. The molecule has 0 unspecified atom stereocenters. The van der Waals surface area contributed by atoms with Crippen LogP contribution in [0.25, 0.3) is 0 Å². The van der Waals surface area contributed by atoms with Crippen LogP contribution < -0.4 is 59.1 Å². The van der Waals surface area contributed by atoms with Gasteiger partial charge in [0.1, 0.15) is 0 Å². The van der Waals surface area contributed by atoms with Gasteiger partial charge in [0.2, 0.25) is 20.8 Å². The van der Waals surface area contributed by atoms with E-state index in [0.717, 1.165) is 0 Å². The van der Waals surface area contributed by atoms with E-state index in [9.17, 15) is 38.9 Å². The summed E-state index contributed by atoms with van der Waals surface area (Å²) >= 11 is 0. The van der Waals surface area contributed by atoms with Crippen LogP contribution >= 0.6 is 0 Å². The average Bonchev–Trinajstić information content (AvgIpc) is 1.47. The first kappa shape index (κ1) is 25.5. The number of hydrogen-bond donors (Lipinski definition) is 0. The van der Waals surface area contributed by atoms with E-state index in [-0.39, 0.29) is 59.1 Å². The summed E-state index contributed by atoms with van der Waals surface area (Å²) in [5.74, 6) is 0. The molecule has 0 aromatic carbocycles. The third-order valence-electron chi connectivity index (χ3n) is 0.167. The maximum Gasteiger partial charge on any atom is 1.00 e. The van der Waals surface area contributed by atoms with Gasteiger partial charge in [-0.05, 0) is 0 Å². The molecule has 7 nitrogen and oxygen atoms in total. The van der Waals surface area contributed by atoms with Gasteiger partial charge in [0.25, 0.3) is 0 Å². The van der Waals surface area contributed by atoms with Crippen LogP contribution in [0.15, 0.2) is 0 Å². The van der Waals surface area contributed by atoms with Crippen molar-refractivity contribution in [1.82, 2.24) is 0 Å². The van der Waals surface area contributed by atoms with Crippen molar-refractivity contribution < 1.29 is 102 Å². The smallest absolute Gasteiger partial charge is 0.725 e. The molecule has 0 spiro atoms. The van der Waals surface area contributed by atoms with E-state index in [2.05, 4.69) is 3.63 Å². The van der Waals surface area contributed by atoms with Crippen molar-refractivity contribution in [3.05, 3.63) is 0 Å². The Morgan fingerprint density at radius 1 is 0.867 bits per heavy atom. The summed E-state index contributed by atoms with van der Waals surface area (Å²) in [6.07, 6.45) is 0. The number of hydrogen-bond acceptors (Lipinski definition) is 7. The molecular weight excluding hydrogens is 290 g/mol. The van der Waals surface area contributed by atoms with Gasteiger partial charge in [-0.2, -0.15) is 3.63 Å². The van der Waals surface area contributed by atoms with E-state index in [4.69, 9.17) is 0 Å². The Hall–Kier alpha value is 1.63. The number of rotatable bonds is 2. The Labute approximate surface area is 128 Å². The van der Waals surface area contributed by atoms with Gasteiger partial charge in [0, 0.05) is 0 Å². The van der Waals surface area contributed by atoms with Crippen molar-refractivity contribution in [2.75, 3.05) is 0 Å². The van der Waals surface area contributed by atoms with Crippen LogP contribution in [0.3, 0.4) is 0 Å². The quantitative estimate of drug-likeness (QED) is 0.281. The fraction of sp³-hybridized carbons (Fsp3) is 0. The summed E-state index contributed by atoms with van der Waals surface area (Å²) < 4.78 is 87.2. The minimum absolute atomic E-state index is 0. The summed E-state index contributed by atoms with van der Waals surface area (Å²) in [7, 11) is -14.5. The Morgan fingerprint density at radius 3 is 1.00 bits per heavy atom. The van der Waals surface area contributed by atoms with E-state index in [1.54, 1.807) is 0 Å². The van der Waals surface area contributed by atoms with Crippen LogP contribution in [0.5, 0.6) is 0 Å². The molecule has 0 saturated carbocycles. The van der Waals surface area contributed by atoms with E-state index < -0.39 is 28.3 Å². The van der Waals surface area contributed by atoms with Crippen molar-refractivity contribution in [2.24, 2.45) is 0 Å². The molecule has 0 radical (unpaired) electrons. The maximum atomic E-state index is 9.67. The van der Waals surface area contributed by atoms with Gasteiger partial charge in [-0.3, -0.25) is 12.9 Å². The van der Waals surface area contributed by atoms with E-state index >= 15 is 0 Å². The van der Waals surface area contributed by atoms with Gasteiger partial charge in [0.05, 0.1) is 0 Å². The molecule has 0 aromatic heterocycles. The molecule has 0 saturated heterocycles. The summed E-state index contributed by atoms with van der Waals surface area (Å²) in [6, 6.07) is 0. The molecule has 0 rings (SSSR count). The molecule has 0 heterocycles. The summed E-state index contributed by atoms with van der Waals surface area (Å²) in [4.78, 5) is 0. The molecule has 0 atom stereocenters.